The maximum absolute atomic E-state index is 13.2. The van der Waals surface area contributed by atoms with E-state index in [1.165, 1.54) is 12.1 Å². The Hall–Kier alpha value is -4.68. The number of amides is 1. The summed E-state index contributed by atoms with van der Waals surface area (Å²) in [5, 5.41) is 15.4. The molecular weight excluding hydrogens is 627 g/mol. The van der Waals surface area contributed by atoms with E-state index < -0.39 is 11.9 Å². The number of carbonyl (C=O) groups is 4. The second-order valence-electron chi connectivity index (χ2n) is 10.9. The summed E-state index contributed by atoms with van der Waals surface area (Å²) < 4.78 is 24.9. The van der Waals surface area contributed by atoms with Crippen molar-refractivity contribution in [2.24, 2.45) is 5.92 Å². The van der Waals surface area contributed by atoms with E-state index in [-0.39, 0.29) is 22.9 Å². The third-order valence-corrected chi connectivity index (χ3v) is 9.12. The molecule has 3 aromatic carbocycles. The van der Waals surface area contributed by atoms with Crippen molar-refractivity contribution in [3.63, 3.8) is 0 Å². The van der Waals surface area contributed by atoms with Crippen molar-refractivity contribution in [3.8, 4) is 11.5 Å². The van der Waals surface area contributed by atoms with Crippen molar-refractivity contribution < 1.29 is 43.3 Å². The van der Waals surface area contributed by atoms with E-state index in [9.17, 15) is 23.6 Å². The van der Waals surface area contributed by atoms with Gasteiger partial charge in [0.25, 0.3) is 0 Å². The number of benzene rings is 3. The van der Waals surface area contributed by atoms with Gasteiger partial charge in [-0.05, 0) is 99.9 Å². The number of ether oxygens (including phenoxy) is 2. The zero-order valence-corrected chi connectivity index (χ0v) is 26.7. The Kier molecular flexibility index (Phi) is 12.9. The highest BCUT2D eigenvalue weighted by Gasteiger charge is 2.33. The van der Waals surface area contributed by atoms with Gasteiger partial charge >= 0.3 is 11.9 Å². The molecule has 47 heavy (non-hydrogen) atoms. The normalized spacial score (nSPS) is 16.2. The van der Waals surface area contributed by atoms with Crippen LogP contribution in [0.15, 0.2) is 83.8 Å². The second-order valence-corrected chi connectivity index (χ2v) is 12.0. The number of carboxylic acid groups (broad SMARTS) is 2. The lowest BCUT2D eigenvalue weighted by atomic mass is 9.89. The number of para-hydroxylation sites is 1. The molecule has 0 bridgehead atoms. The molecule has 0 aromatic heterocycles. The zero-order valence-electron chi connectivity index (χ0n) is 25.9. The van der Waals surface area contributed by atoms with Crippen molar-refractivity contribution in [2.45, 2.75) is 36.0 Å². The number of unbranched alkanes of at least 4 members (excludes halogenated alkanes) is 1. The zero-order chi connectivity index (χ0) is 33.8. The summed E-state index contributed by atoms with van der Waals surface area (Å²) >= 11 is 1.63. The molecule has 0 radical (unpaired) electrons. The van der Waals surface area contributed by atoms with Gasteiger partial charge in [-0.15, -0.1) is 0 Å². The number of ketones is 1. The van der Waals surface area contributed by atoms with Crippen LogP contribution in [0.1, 0.15) is 47.0 Å². The Balaban J connectivity index is 0.000000555. The molecule has 10 nitrogen and oxygen atoms in total. The summed E-state index contributed by atoms with van der Waals surface area (Å²) in [5.74, 6) is -1.22. The van der Waals surface area contributed by atoms with E-state index in [1.807, 2.05) is 42.5 Å². The number of fused-ring (bicyclic) bond motifs is 1. The molecule has 0 saturated carbocycles. The third-order valence-electron chi connectivity index (χ3n) is 7.81. The van der Waals surface area contributed by atoms with Gasteiger partial charge in [-0.25, -0.2) is 14.0 Å². The first-order valence-corrected chi connectivity index (χ1v) is 16.0. The van der Waals surface area contributed by atoms with Crippen molar-refractivity contribution in [3.05, 3.63) is 95.8 Å². The first-order valence-electron chi connectivity index (χ1n) is 15.2. The van der Waals surface area contributed by atoms with Crippen molar-refractivity contribution in [2.75, 3.05) is 38.3 Å². The van der Waals surface area contributed by atoms with E-state index in [4.69, 9.17) is 19.7 Å². The Labute approximate surface area is 276 Å². The van der Waals surface area contributed by atoms with Gasteiger partial charge in [0.2, 0.25) is 6.41 Å². The van der Waals surface area contributed by atoms with E-state index in [0.29, 0.717) is 24.3 Å². The number of nitrogens with zero attached hydrogens (tertiary/aromatic N) is 2. The molecule has 2 heterocycles. The number of methoxy groups -OCH3 is 1. The van der Waals surface area contributed by atoms with Crippen LogP contribution in [-0.4, -0.2) is 72.6 Å². The number of rotatable bonds is 13. The summed E-state index contributed by atoms with van der Waals surface area (Å²) in [4.78, 5) is 49.1. The molecule has 2 aliphatic heterocycles. The van der Waals surface area contributed by atoms with Gasteiger partial charge < -0.3 is 24.6 Å². The van der Waals surface area contributed by atoms with Gasteiger partial charge in [-0.2, -0.15) is 0 Å². The fraction of sp³-hybridized carbons (Fsp3) is 0.314. The summed E-state index contributed by atoms with van der Waals surface area (Å²) in [6.07, 6.45) is 5.54. The number of hydrogen-bond acceptors (Lipinski definition) is 8. The molecule has 2 N–H and O–H groups in total. The molecule has 248 valence electrons. The van der Waals surface area contributed by atoms with Crippen LogP contribution >= 0.6 is 11.8 Å². The standard InChI is InChI=1S/C31H33FN2O4S.C4H4O4/c1-37-25-12-13-28(26(20-25)31-34(21-35)27-6-2-3-7-29(27)39-31)38-19-5-4-16-33-17-14-23(15-18-33)30(36)22-8-10-24(32)11-9-22;5-3(6)1-2-4(7)8/h2-3,6-13,20-21,23,31H,4-5,14-19H2,1H3;1-2H,(H,5,6)(H,7,8)/b;2-1+. The quantitative estimate of drug-likeness (QED) is 0.0960. The number of likely N-dealkylation sites (tertiary alicyclic amines) is 1. The van der Waals surface area contributed by atoms with Gasteiger partial charge in [-0.1, -0.05) is 23.9 Å². The van der Waals surface area contributed by atoms with Crippen molar-refractivity contribution in [1.82, 2.24) is 4.90 Å². The van der Waals surface area contributed by atoms with Crippen LogP contribution in [-0.2, 0) is 14.4 Å². The first kappa shape index (κ1) is 35.2. The summed E-state index contributed by atoms with van der Waals surface area (Å²) in [5.41, 5.74) is 2.41. The average Bonchev–Trinajstić information content (AvgIpc) is 3.46. The van der Waals surface area contributed by atoms with Gasteiger partial charge in [0.15, 0.2) is 5.78 Å². The Morgan fingerprint density at radius 1 is 0.957 bits per heavy atom. The number of carboxylic acids is 2. The fourth-order valence-corrected chi connectivity index (χ4v) is 6.69. The predicted octanol–water partition coefficient (Wildman–Crippen LogP) is 6.07. The Bertz CT molecular complexity index is 1560. The number of piperidine rings is 1. The second kappa shape index (κ2) is 17.3. The van der Waals surface area contributed by atoms with Crippen LogP contribution in [0.25, 0.3) is 0 Å². The number of aliphatic carboxylic acids is 2. The molecular formula is C35H37FN2O8S. The van der Waals surface area contributed by atoms with Crippen LogP contribution in [0, 0.1) is 11.7 Å². The molecule has 1 saturated heterocycles. The minimum Gasteiger partial charge on any atom is -0.497 e. The Morgan fingerprint density at radius 2 is 1.64 bits per heavy atom. The molecule has 3 aromatic rings. The minimum absolute atomic E-state index is 0.00839. The van der Waals surface area contributed by atoms with Gasteiger partial charge in [0, 0.05) is 34.1 Å². The van der Waals surface area contributed by atoms with Gasteiger partial charge in [-0.3, -0.25) is 14.5 Å². The fourth-order valence-electron chi connectivity index (χ4n) is 5.41. The van der Waals surface area contributed by atoms with E-state index >= 15 is 0 Å². The molecule has 12 heteroatoms. The number of halogens is 1. The summed E-state index contributed by atoms with van der Waals surface area (Å²) in [6.45, 7) is 3.32. The van der Waals surface area contributed by atoms with E-state index in [0.717, 1.165) is 79.4 Å². The molecule has 1 fully saturated rings. The molecule has 1 unspecified atom stereocenters. The third kappa shape index (κ3) is 9.90. The largest absolute Gasteiger partial charge is 0.497 e. The van der Waals surface area contributed by atoms with Crippen molar-refractivity contribution >= 4 is 41.6 Å². The molecule has 2 aliphatic rings. The maximum atomic E-state index is 13.2. The number of thioether (sulfide) groups is 1. The van der Waals surface area contributed by atoms with Crippen LogP contribution < -0.4 is 14.4 Å². The number of Topliss-reactive ketones (excluding diaryl/α,β-unsaturated/α-hetero) is 1. The van der Waals surface area contributed by atoms with E-state index in [2.05, 4.69) is 4.90 Å². The topological polar surface area (TPSA) is 134 Å². The number of carbonyl (C=O) groups excluding carboxylic acids is 2. The van der Waals surface area contributed by atoms with Crippen molar-refractivity contribution in [1.29, 1.82) is 0 Å². The lowest BCUT2D eigenvalue weighted by Crippen LogP contribution is -2.37. The smallest absolute Gasteiger partial charge is 0.328 e. The lowest BCUT2D eigenvalue weighted by molar-refractivity contribution is -0.134. The lowest BCUT2D eigenvalue weighted by Gasteiger charge is -2.31. The monoisotopic (exact) mass is 664 g/mol. The number of anilines is 1. The van der Waals surface area contributed by atoms with Crippen LogP contribution in [0.4, 0.5) is 10.1 Å². The van der Waals surface area contributed by atoms with Crippen LogP contribution in [0.3, 0.4) is 0 Å². The molecule has 1 atom stereocenters. The number of hydrogen-bond donors (Lipinski definition) is 2. The van der Waals surface area contributed by atoms with Gasteiger partial charge in [0.1, 0.15) is 22.7 Å². The highest BCUT2D eigenvalue weighted by Crippen LogP contribution is 2.52. The summed E-state index contributed by atoms with van der Waals surface area (Å²) in [6, 6.07) is 19.5. The van der Waals surface area contributed by atoms with Gasteiger partial charge in [0.05, 0.1) is 19.4 Å². The molecule has 0 spiro atoms. The van der Waals surface area contributed by atoms with E-state index in [1.54, 1.807) is 35.9 Å². The SMILES string of the molecule is COc1ccc(OCCCCN2CCC(C(=O)c3ccc(F)cc3)CC2)c(C2Sc3ccccc3N2C=O)c1.O=C(O)/C=C/C(=O)O. The predicted molar refractivity (Wildman–Crippen MR) is 176 cm³/mol. The highest BCUT2D eigenvalue weighted by atomic mass is 32.2. The Morgan fingerprint density at radius 3 is 2.28 bits per heavy atom. The molecule has 1 amide bonds. The highest BCUT2D eigenvalue weighted by molar-refractivity contribution is 8.00. The summed E-state index contributed by atoms with van der Waals surface area (Å²) in [7, 11) is 1.63. The first-order chi connectivity index (χ1) is 22.7. The molecule has 5 rings (SSSR count). The maximum Gasteiger partial charge on any atom is 0.328 e. The van der Waals surface area contributed by atoms with Crippen LogP contribution in [0.2, 0.25) is 0 Å². The average molecular weight is 665 g/mol. The molecule has 0 aliphatic carbocycles. The minimum atomic E-state index is -1.26. The van der Waals surface area contributed by atoms with Crippen LogP contribution in [0.5, 0.6) is 11.5 Å².